The van der Waals surface area contributed by atoms with Gasteiger partial charge in [-0.3, -0.25) is 14.6 Å². The van der Waals surface area contributed by atoms with Gasteiger partial charge in [-0.15, -0.1) is 6.58 Å². The van der Waals surface area contributed by atoms with Crippen molar-refractivity contribution in [3.8, 4) is 11.8 Å². The van der Waals surface area contributed by atoms with E-state index in [2.05, 4.69) is 27.5 Å². The van der Waals surface area contributed by atoms with Crippen LogP contribution in [0.1, 0.15) is 47.8 Å². The summed E-state index contributed by atoms with van der Waals surface area (Å²) >= 11 is 0. The van der Waals surface area contributed by atoms with Crippen molar-refractivity contribution in [3.63, 3.8) is 0 Å². The van der Waals surface area contributed by atoms with Gasteiger partial charge >= 0.3 is 6.03 Å². The first kappa shape index (κ1) is 24.5. The second kappa shape index (κ2) is 11.0. The summed E-state index contributed by atoms with van der Waals surface area (Å²) in [5.74, 6) is -2.02. The van der Waals surface area contributed by atoms with E-state index >= 15 is 0 Å². The molecule has 1 aromatic carbocycles. The molecule has 0 radical (unpaired) electrons. The number of urea groups is 1. The van der Waals surface area contributed by atoms with E-state index in [1.807, 2.05) is 6.07 Å². The van der Waals surface area contributed by atoms with Crippen molar-refractivity contribution in [2.75, 3.05) is 6.54 Å². The quantitative estimate of drug-likeness (QED) is 0.248. The topological polar surface area (TPSA) is 144 Å². The van der Waals surface area contributed by atoms with Crippen molar-refractivity contribution in [2.45, 2.75) is 39.3 Å². The minimum absolute atomic E-state index is 0.0666. The zero-order valence-electron chi connectivity index (χ0n) is 18.4. The van der Waals surface area contributed by atoms with Gasteiger partial charge in [-0.2, -0.15) is 0 Å². The highest BCUT2D eigenvalue weighted by Crippen LogP contribution is 2.30. The number of aromatic amines is 1. The first-order valence-electron chi connectivity index (χ1n) is 10.3. The third-order valence-electron chi connectivity index (χ3n) is 5.02. The van der Waals surface area contributed by atoms with Crippen LogP contribution in [-0.4, -0.2) is 45.5 Å². The summed E-state index contributed by atoms with van der Waals surface area (Å²) in [6.45, 7) is 8.84. The van der Waals surface area contributed by atoms with Crippen LogP contribution in [0.15, 0.2) is 43.0 Å². The second-order valence-electron chi connectivity index (χ2n) is 7.79. The van der Waals surface area contributed by atoms with Gasteiger partial charge in [0.15, 0.2) is 11.7 Å². The Bertz CT molecular complexity index is 968. The third-order valence-corrected chi connectivity index (χ3v) is 5.02. The molecule has 9 heteroatoms. The van der Waals surface area contributed by atoms with Crippen LogP contribution in [0.2, 0.25) is 0 Å². The summed E-state index contributed by atoms with van der Waals surface area (Å²) in [6, 6.07) is 6.99. The normalized spacial score (nSPS) is 12.6. The molecule has 6 N–H and O–H groups in total. The maximum absolute atomic E-state index is 13.0. The summed E-state index contributed by atoms with van der Waals surface area (Å²) in [7, 11) is 0. The summed E-state index contributed by atoms with van der Waals surface area (Å²) < 4.78 is 0. The molecule has 0 saturated carbocycles. The summed E-state index contributed by atoms with van der Waals surface area (Å²) in [5.41, 5.74) is 0.867. The number of H-pyrrole nitrogens is 1. The molecular weight excluding hydrogens is 412 g/mol. The zero-order valence-corrected chi connectivity index (χ0v) is 18.4. The number of benzene rings is 1. The monoisotopic (exact) mass is 442 g/mol. The first-order chi connectivity index (χ1) is 15.1. The van der Waals surface area contributed by atoms with Crippen LogP contribution in [0.3, 0.4) is 0 Å². The van der Waals surface area contributed by atoms with E-state index in [-0.39, 0.29) is 35.9 Å². The van der Waals surface area contributed by atoms with Gasteiger partial charge in [0.2, 0.25) is 11.8 Å². The molecule has 1 heterocycles. The van der Waals surface area contributed by atoms with Crippen LogP contribution in [-0.2, 0) is 4.79 Å². The van der Waals surface area contributed by atoms with E-state index in [9.17, 15) is 24.6 Å². The maximum Gasteiger partial charge on any atom is 0.315 e. The van der Waals surface area contributed by atoms with E-state index in [0.717, 1.165) is 5.56 Å². The van der Waals surface area contributed by atoms with Gasteiger partial charge in [0.25, 0.3) is 0 Å². The highest BCUT2D eigenvalue weighted by Gasteiger charge is 2.31. The Balaban J connectivity index is 2.19. The summed E-state index contributed by atoms with van der Waals surface area (Å²) in [5, 5.41) is 27.8. The fourth-order valence-corrected chi connectivity index (χ4v) is 3.29. The lowest BCUT2D eigenvalue weighted by atomic mass is 9.93. The third kappa shape index (κ3) is 6.13. The first-order valence-corrected chi connectivity index (χ1v) is 10.3. The lowest BCUT2D eigenvalue weighted by Crippen LogP contribution is -2.46. The van der Waals surface area contributed by atoms with Crippen LogP contribution in [0.4, 0.5) is 4.79 Å². The maximum atomic E-state index is 13.0. The standard InChI is InChI=1S/C23H30N4O5/c1-5-11-24-23(32)25-16(15-9-7-6-8-10-15)12-17(28)26-19(13(2)3)20(29)18-14(4)21(30)27-22(18)31/h5-10,13,16,19,27,30-31H,1,11-12H2,2-4H3,(H,26,28)(H2,24,25,32)/t16-,19-/m0/s1. The largest absolute Gasteiger partial charge is 0.494 e. The molecule has 172 valence electrons. The average molecular weight is 443 g/mol. The van der Waals surface area contributed by atoms with Crippen molar-refractivity contribution in [2.24, 2.45) is 5.92 Å². The van der Waals surface area contributed by atoms with Crippen LogP contribution in [0.5, 0.6) is 11.8 Å². The van der Waals surface area contributed by atoms with Gasteiger partial charge in [0.1, 0.15) is 0 Å². The predicted molar refractivity (Wildman–Crippen MR) is 120 cm³/mol. The number of carbonyl (C=O) groups excluding carboxylic acids is 3. The van der Waals surface area contributed by atoms with E-state index in [0.29, 0.717) is 0 Å². The number of hydrogen-bond acceptors (Lipinski definition) is 5. The van der Waals surface area contributed by atoms with Gasteiger partial charge in [-0.25, -0.2) is 4.79 Å². The molecule has 2 atom stereocenters. The Morgan fingerprint density at radius 2 is 1.75 bits per heavy atom. The molecular formula is C23H30N4O5. The minimum Gasteiger partial charge on any atom is -0.494 e. The van der Waals surface area contributed by atoms with Crippen molar-refractivity contribution in [3.05, 3.63) is 59.7 Å². The molecule has 1 aromatic heterocycles. The number of aromatic nitrogens is 1. The Morgan fingerprint density at radius 3 is 2.28 bits per heavy atom. The number of amides is 3. The van der Waals surface area contributed by atoms with E-state index in [1.165, 1.54) is 6.92 Å². The molecule has 0 bridgehead atoms. The van der Waals surface area contributed by atoms with Crippen molar-refractivity contribution in [1.29, 1.82) is 0 Å². The minimum atomic E-state index is -0.937. The van der Waals surface area contributed by atoms with Crippen molar-refractivity contribution < 1.29 is 24.6 Å². The number of hydrogen-bond donors (Lipinski definition) is 6. The molecule has 0 aliphatic rings. The number of nitrogens with one attached hydrogen (secondary N) is 4. The van der Waals surface area contributed by atoms with Gasteiger partial charge in [-0.1, -0.05) is 50.3 Å². The predicted octanol–water partition coefficient (Wildman–Crippen LogP) is 2.67. The number of ketones is 1. The van der Waals surface area contributed by atoms with Gasteiger partial charge < -0.3 is 26.2 Å². The molecule has 0 aliphatic heterocycles. The van der Waals surface area contributed by atoms with E-state index in [1.54, 1.807) is 44.2 Å². The summed E-state index contributed by atoms with van der Waals surface area (Å²) in [6.07, 6.45) is 1.43. The lowest BCUT2D eigenvalue weighted by Gasteiger charge is -2.24. The van der Waals surface area contributed by atoms with Crippen molar-refractivity contribution >= 4 is 17.7 Å². The number of Topliss-reactive ketones (excluding diaryl/α,β-unsaturated/α-hetero) is 1. The molecule has 32 heavy (non-hydrogen) atoms. The van der Waals surface area contributed by atoms with E-state index < -0.39 is 35.7 Å². The molecule has 2 rings (SSSR count). The lowest BCUT2D eigenvalue weighted by molar-refractivity contribution is -0.122. The molecule has 3 amide bonds. The molecule has 2 aromatic rings. The molecule has 0 saturated heterocycles. The number of carbonyl (C=O) groups is 3. The van der Waals surface area contributed by atoms with Crippen LogP contribution in [0.25, 0.3) is 0 Å². The second-order valence-corrected chi connectivity index (χ2v) is 7.79. The van der Waals surface area contributed by atoms with E-state index in [4.69, 9.17) is 0 Å². The number of rotatable bonds is 10. The summed E-state index contributed by atoms with van der Waals surface area (Å²) in [4.78, 5) is 40.4. The smallest absolute Gasteiger partial charge is 0.315 e. The Hall–Kier alpha value is -3.75. The molecule has 0 spiro atoms. The zero-order chi connectivity index (χ0) is 23.8. The molecule has 0 aliphatic carbocycles. The Labute approximate surface area is 186 Å². The van der Waals surface area contributed by atoms with Crippen LogP contribution < -0.4 is 16.0 Å². The fourth-order valence-electron chi connectivity index (χ4n) is 3.29. The molecule has 9 nitrogen and oxygen atoms in total. The Kier molecular flexibility index (Phi) is 8.46. The highest BCUT2D eigenvalue weighted by atomic mass is 16.3. The van der Waals surface area contributed by atoms with Crippen LogP contribution >= 0.6 is 0 Å². The van der Waals surface area contributed by atoms with Crippen LogP contribution in [0, 0.1) is 12.8 Å². The van der Waals surface area contributed by atoms with Gasteiger partial charge in [-0.05, 0) is 18.4 Å². The van der Waals surface area contributed by atoms with Gasteiger partial charge in [0.05, 0.1) is 24.1 Å². The van der Waals surface area contributed by atoms with Gasteiger partial charge in [0, 0.05) is 12.1 Å². The molecule has 0 unspecified atom stereocenters. The SMILES string of the molecule is C=CCNC(=O)N[C@@H](CC(=O)N[C@H](C(=O)c1c(O)[nH]c(O)c1C)C(C)C)c1ccccc1. The highest BCUT2D eigenvalue weighted by molar-refractivity contribution is 6.05. The fraction of sp³-hybridized carbons (Fsp3) is 0.348. The average Bonchev–Trinajstić information content (AvgIpc) is 3.01. The van der Waals surface area contributed by atoms with Crippen molar-refractivity contribution in [1.82, 2.24) is 20.9 Å². The molecule has 0 fully saturated rings. The Morgan fingerprint density at radius 1 is 1.09 bits per heavy atom. The number of aromatic hydroxyl groups is 2.